The molecule has 2 rings (SSSR count). The van der Waals surface area contributed by atoms with E-state index in [-0.39, 0.29) is 5.91 Å². The molecule has 0 aliphatic heterocycles. The minimum absolute atomic E-state index is 0.187. The zero-order valence-corrected chi connectivity index (χ0v) is 13.4. The first-order chi connectivity index (χ1) is 11.1. The summed E-state index contributed by atoms with van der Waals surface area (Å²) >= 11 is 0. The highest BCUT2D eigenvalue weighted by atomic mass is 16.7. The Bertz CT molecular complexity index is 653. The van der Waals surface area contributed by atoms with Gasteiger partial charge < -0.3 is 19.9 Å². The Morgan fingerprint density at radius 3 is 2.26 bits per heavy atom. The monoisotopic (exact) mass is 315 g/mol. The van der Waals surface area contributed by atoms with Gasteiger partial charge in [0.05, 0.1) is 0 Å². The molecule has 0 bridgehead atoms. The summed E-state index contributed by atoms with van der Waals surface area (Å²) in [7, 11) is 3.04. The number of hydrogen-bond donors (Lipinski definition) is 2. The molecular weight excluding hydrogens is 294 g/mol. The lowest BCUT2D eigenvalue weighted by Gasteiger charge is -2.20. The second-order valence-corrected chi connectivity index (χ2v) is 5.14. The molecule has 1 atom stereocenters. The average Bonchev–Trinajstić information content (AvgIpc) is 2.57. The van der Waals surface area contributed by atoms with E-state index in [0.717, 1.165) is 5.56 Å². The Hall–Kier alpha value is -2.21. The highest BCUT2D eigenvalue weighted by Crippen LogP contribution is 2.31. The molecule has 0 aromatic heterocycles. The lowest BCUT2D eigenvalue weighted by atomic mass is 9.98. The molecular formula is C18H21NO4. The maximum absolute atomic E-state index is 11.4. The summed E-state index contributed by atoms with van der Waals surface area (Å²) in [5.74, 6) is -0.187. The largest absolute Gasteiger partial charge is 0.384 e. The van der Waals surface area contributed by atoms with Crippen molar-refractivity contribution in [2.75, 3.05) is 19.5 Å². The van der Waals surface area contributed by atoms with Crippen LogP contribution in [0.3, 0.4) is 0 Å². The van der Waals surface area contributed by atoms with Gasteiger partial charge in [-0.3, -0.25) is 4.79 Å². The van der Waals surface area contributed by atoms with Gasteiger partial charge >= 0.3 is 0 Å². The Kier molecular flexibility index (Phi) is 5.87. The molecule has 23 heavy (non-hydrogen) atoms. The van der Waals surface area contributed by atoms with E-state index in [1.54, 1.807) is 18.2 Å². The van der Waals surface area contributed by atoms with E-state index in [0.29, 0.717) is 16.8 Å². The fourth-order valence-electron chi connectivity index (χ4n) is 2.43. The molecule has 1 amide bonds. The first kappa shape index (κ1) is 17.1. The van der Waals surface area contributed by atoms with Gasteiger partial charge in [0.1, 0.15) is 6.10 Å². The topological polar surface area (TPSA) is 67.8 Å². The second kappa shape index (κ2) is 7.87. The summed E-state index contributed by atoms with van der Waals surface area (Å²) in [5, 5.41) is 13.3. The van der Waals surface area contributed by atoms with Crippen LogP contribution in [0.5, 0.6) is 0 Å². The van der Waals surface area contributed by atoms with Crippen LogP contribution in [0.1, 0.15) is 36.0 Å². The zero-order chi connectivity index (χ0) is 16.8. The summed E-state index contributed by atoms with van der Waals surface area (Å²) in [4.78, 5) is 11.4. The van der Waals surface area contributed by atoms with Crippen LogP contribution in [-0.4, -0.2) is 25.2 Å². The minimum atomic E-state index is -0.768. The van der Waals surface area contributed by atoms with Gasteiger partial charge in [-0.2, -0.15) is 0 Å². The van der Waals surface area contributed by atoms with Crippen LogP contribution in [0.25, 0.3) is 0 Å². The van der Waals surface area contributed by atoms with Crippen LogP contribution in [0.2, 0.25) is 0 Å². The fraction of sp³-hybridized carbons (Fsp3) is 0.278. The number of amides is 1. The molecule has 0 aliphatic carbocycles. The van der Waals surface area contributed by atoms with Crippen LogP contribution in [0, 0.1) is 0 Å². The van der Waals surface area contributed by atoms with Crippen molar-refractivity contribution in [1.29, 1.82) is 0 Å². The van der Waals surface area contributed by atoms with Crippen molar-refractivity contribution in [1.82, 2.24) is 0 Å². The molecule has 0 spiro atoms. The summed E-state index contributed by atoms with van der Waals surface area (Å²) in [5.41, 5.74) is 2.73. The number of rotatable bonds is 6. The molecule has 2 aromatic rings. The van der Waals surface area contributed by atoms with E-state index in [2.05, 4.69) is 5.32 Å². The number of benzene rings is 2. The number of nitrogens with one attached hydrogen (secondary N) is 1. The van der Waals surface area contributed by atoms with Gasteiger partial charge in [-0.25, -0.2) is 0 Å². The molecule has 0 fully saturated rings. The smallest absolute Gasteiger partial charge is 0.221 e. The lowest BCUT2D eigenvalue weighted by Crippen LogP contribution is -2.13. The molecule has 122 valence electrons. The van der Waals surface area contributed by atoms with Crippen LogP contribution in [-0.2, 0) is 14.3 Å². The molecule has 2 aromatic carbocycles. The van der Waals surface area contributed by atoms with Crippen molar-refractivity contribution < 1.29 is 19.4 Å². The number of carbonyl (C=O) groups is 1. The Morgan fingerprint density at radius 1 is 1.04 bits per heavy atom. The quantitative estimate of drug-likeness (QED) is 0.804. The zero-order valence-electron chi connectivity index (χ0n) is 13.4. The van der Waals surface area contributed by atoms with Gasteiger partial charge in [0, 0.05) is 32.4 Å². The molecule has 5 heteroatoms. The fourth-order valence-corrected chi connectivity index (χ4v) is 2.43. The van der Waals surface area contributed by atoms with E-state index in [9.17, 15) is 9.90 Å². The molecule has 0 heterocycles. The molecule has 0 radical (unpaired) electrons. The van der Waals surface area contributed by atoms with E-state index in [4.69, 9.17) is 9.47 Å². The van der Waals surface area contributed by atoms with Crippen molar-refractivity contribution >= 4 is 11.6 Å². The molecule has 1 unspecified atom stereocenters. The maximum atomic E-state index is 11.4. The van der Waals surface area contributed by atoms with Crippen molar-refractivity contribution in [2.45, 2.75) is 19.3 Å². The maximum Gasteiger partial charge on any atom is 0.221 e. The second-order valence-electron chi connectivity index (χ2n) is 5.14. The third-order valence-electron chi connectivity index (χ3n) is 3.50. The van der Waals surface area contributed by atoms with Gasteiger partial charge in [0.2, 0.25) is 5.91 Å². The predicted octanol–water partition coefficient (Wildman–Crippen LogP) is 3.02. The van der Waals surface area contributed by atoms with Crippen molar-refractivity contribution in [2.24, 2.45) is 0 Å². The third kappa shape index (κ3) is 4.16. The molecule has 0 saturated heterocycles. The molecule has 2 N–H and O–H groups in total. The first-order valence-corrected chi connectivity index (χ1v) is 7.26. The first-order valence-electron chi connectivity index (χ1n) is 7.26. The Morgan fingerprint density at radius 2 is 1.70 bits per heavy atom. The Balaban J connectivity index is 2.42. The van der Waals surface area contributed by atoms with Crippen LogP contribution in [0.4, 0.5) is 5.69 Å². The van der Waals surface area contributed by atoms with Gasteiger partial charge in [-0.15, -0.1) is 0 Å². The van der Waals surface area contributed by atoms with E-state index < -0.39 is 12.4 Å². The van der Waals surface area contributed by atoms with Crippen molar-refractivity contribution in [3.8, 4) is 0 Å². The Labute approximate surface area is 135 Å². The van der Waals surface area contributed by atoms with Gasteiger partial charge in [-0.05, 0) is 23.3 Å². The predicted molar refractivity (Wildman–Crippen MR) is 88.0 cm³/mol. The number of aliphatic hydroxyl groups excluding tert-OH is 1. The number of aliphatic hydroxyl groups is 1. The van der Waals surface area contributed by atoms with Gasteiger partial charge in [0.25, 0.3) is 0 Å². The number of hydrogen-bond acceptors (Lipinski definition) is 4. The van der Waals surface area contributed by atoms with Crippen LogP contribution in [0.15, 0.2) is 48.5 Å². The normalized spacial score (nSPS) is 12.2. The number of anilines is 1. The summed E-state index contributed by atoms with van der Waals surface area (Å²) < 4.78 is 10.6. The summed E-state index contributed by atoms with van der Waals surface area (Å²) in [6.07, 6.45) is -1.41. The minimum Gasteiger partial charge on any atom is -0.384 e. The molecule has 0 aliphatic rings. The van der Waals surface area contributed by atoms with E-state index in [1.807, 2.05) is 30.3 Å². The summed E-state index contributed by atoms with van der Waals surface area (Å²) in [6.45, 7) is 1.44. The number of carbonyl (C=O) groups excluding carboxylic acids is 1. The van der Waals surface area contributed by atoms with E-state index in [1.165, 1.54) is 21.1 Å². The lowest BCUT2D eigenvalue weighted by molar-refractivity contribution is -0.114. The van der Waals surface area contributed by atoms with E-state index >= 15 is 0 Å². The van der Waals surface area contributed by atoms with Crippen LogP contribution >= 0.6 is 0 Å². The highest BCUT2D eigenvalue weighted by molar-refractivity contribution is 5.89. The van der Waals surface area contributed by atoms with Crippen LogP contribution < -0.4 is 5.32 Å². The standard InChI is InChI=1S/C18H21NO4/c1-12(20)19-16-10-9-14(11-15(16)18(22-2)23-3)17(21)13-7-5-4-6-8-13/h4-11,17-18,21H,1-3H3,(H,19,20). The van der Waals surface area contributed by atoms with Crippen molar-refractivity contribution in [3.05, 3.63) is 65.2 Å². The van der Waals surface area contributed by atoms with Crippen molar-refractivity contribution in [3.63, 3.8) is 0 Å². The number of methoxy groups -OCH3 is 2. The average molecular weight is 315 g/mol. The highest BCUT2D eigenvalue weighted by Gasteiger charge is 2.18. The summed E-state index contributed by atoms with van der Waals surface area (Å²) in [6, 6.07) is 14.6. The number of ether oxygens (including phenoxy) is 2. The van der Waals surface area contributed by atoms with Gasteiger partial charge in [0.15, 0.2) is 6.29 Å². The van der Waals surface area contributed by atoms with Gasteiger partial charge in [-0.1, -0.05) is 36.4 Å². The molecule has 5 nitrogen and oxygen atoms in total. The third-order valence-corrected chi connectivity index (χ3v) is 3.50. The molecule has 0 saturated carbocycles. The SMILES string of the molecule is COC(OC)c1cc(C(O)c2ccccc2)ccc1NC(C)=O.